The van der Waals surface area contributed by atoms with Crippen LogP contribution in [-0.4, -0.2) is 23.1 Å². The molecule has 0 saturated carbocycles. The second-order valence-electron chi connectivity index (χ2n) is 4.88. The maximum Gasteiger partial charge on any atom is 0.140 e. The van der Waals surface area contributed by atoms with Crippen LogP contribution in [-0.2, 0) is 6.42 Å². The zero-order chi connectivity index (χ0) is 12.4. The van der Waals surface area contributed by atoms with E-state index in [1.807, 2.05) is 0 Å². The van der Waals surface area contributed by atoms with Crippen LogP contribution in [0.25, 0.3) is 10.2 Å². The highest BCUT2D eigenvalue weighted by Crippen LogP contribution is 2.31. The van der Waals surface area contributed by atoms with E-state index >= 15 is 0 Å². The van der Waals surface area contributed by atoms with Gasteiger partial charge in [0.15, 0.2) is 0 Å². The number of anilines is 1. The summed E-state index contributed by atoms with van der Waals surface area (Å²) >= 11 is 1.80. The van der Waals surface area contributed by atoms with E-state index in [-0.39, 0.29) is 12.4 Å². The third kappa shape index (κ3) is 3.00. The van der Waals surface area contributed by atoms with Gasteiger partial charge in [0.2, 0.25) is 0 Å². The van der Waals surface area contributed by atoms with Crippen molar-refractivity contribution < 1.29 is 0 Å². The average Bonchev–Trinajstić information content (AvgIpc) is 2.64. The van der Waals surface area contributed by atoms with Gasteiger partial charge in [-0.3, -0.25) is 0 Å². The van der Waals surface area contributed by atoms with Gasteiger partial charge in [-0.1, -0.05) is 19.8 Å². The molecule has 5 heteroatoms. The number of aromatic nitrogens is 2. The zero-order valence-electron chi connectivity index (χ0n) is 11.3. The molecule has 0 spiro atoms. The monoisotopic (exact) mass is 297 g/mol. The Morgan fingerprint density at radius 1 is 1.16 bits per heavy atom. The van der Waals surface area contributed by atoms with E-state index in [4.69, 9.17) is 0 Å². The van der Waals surface area contributed by atoms with Gasteiger partial charge in [0, 0.05) is 18.0 Å². The molecule has 104 valence electrons. The summed E-state index contributed by atoms with van der Waals surface area (Å²) in [5.74, 6) is 1.15. The Balaban J connectivity index is 0.00000133. The van der Waals surface area contributed by atoms with Gasteiger partial charge in [0.25, 0.3) is 0 Å². The first-order chi connectivity index (χ1) is 8.88. The zero-order valence-corrected chi connectivity index (χ0v) is 12.9. The van der Waals surface area contributed by atoms with E-state index in [0.29, 0.717) is 0 Å². The van der Waals surface area contributed by atoms with Gasteiger partial charge in [-0.05, 0) is 25.3 Å². The molecule has 0 amide bonds. The van der Waals surface area contributed by atoms with Crippen molar-refractivity contribution in [1.82, 2.24) is 9.97 Å². The number of fused-ring (bicyclic) bond motifs is 1. The molecule has 0 unspecified atom stereocenters. The van der Waals surface area contributed by atoms with E-state index in [1.165, 1.54) is 35.9 Å². The number of thiophene rings is 1. The van der Waals surface area contributed by atoms with E-state index in [1.54, 1.807) is 17.7 Å². The Morgan fingerprint density at radius 2 is 1.89 bits per heavy atom. The highest BCUT2D eigenvalue weighted by molar-refractivity contribution is 7.18. The molecule has 2 aromatic heterocycles. The first kappa shape index (κ1) is 14.5. The van der Waals surface area contributed by atoms with Crippen LogP contribution in [0.5, 0.6) is 0 Å². The number of rotatable bonds is 2. The first-order valence-electron chi connectivity index (χ1n) is 6.87. The lowest BCUT2D eigenvalue weighted by atomic mass is 10.2. The number of aryl methyl sites for hydroxylation is 1. The van der Waals surface area contributed by atoms with Crippen LogP contribution in [0.1, 0.15) is 37.5 Å². The predicted octanol–water partition coefficient (Wildman–Crippen LogP) is 4.06. The van der Waals surface area contributed by atoms with E-state index in [2.05, 4.69) is 27.9 Å². The van der Waals surface area contributed by atoms with E-state index < -0.39 is 0 Å². The van der Waals surface area contributed by atoms with Crippen molar-refractivity contribution in [2.75, 3.05) is 18.0 Å². The minimum absolute atomic E-state index is 0. The quantitative estimate of drug-likeness (QED) is 0.837. The van der Waals surface area contributed by atoms with Crippen molar-refractivity contribution in [3.8, 4) is 0 Å². The molecular formula is C14H20ClN3S. The molecule has 1 fully saturated rings. The van der Waals surface area contributed by atoms with Gasteiger partial charge in [0.05, 0.1) is 5.39 Å². The minimum atomic E-state index is 0. The van der Waals surface area contributed by atoms with Crippen molar-refractivity contribution in [2.45, 2.75) is 39.0 Å². The largest absolute Gasteiger partial charge is 0.356 e. The van der Waals surface area contributed by atoms with Gasteiger partial charge in [0.1, 0.15) is 17.0 Å². The summed E-state index contributed by atoms with van der Waals surface area (Å²) < 4.78 is 0. The van der Waals surface area contributed by atoms with Gasteiger partial charge >= 0.3 is 0 Å². The number of halogens is 1. The smallest absolute Gasteiger partial charge is 0.140 e. The Hall–Kier alpha value is -0.870. The third-order valence-corrected chi connectivity index (χ3v) is 4.80. The lowest BCUT2D eigenvalue weighted by Gasteiger charge is -2.21. The molecule has 1 aliphatic rings. The highest BCUT2D eigenvalue weighted by atomic mass is 35.5. The molecule has 0 aromatic carbocycles. The lowest BCUT2D eigenvalue weighted by Crippen LogP contribution is -2.25. The van der Waals surface area contributed by atoms with Crippen molar-refractivity contribution in [2.24, 2.45) is 0 Å². The summed E-state index contributed by atoms with van der Waals surface area (Å²) in [6.45, 7) is 4.48. The Labute approximate surface area is 124 Å². The number of hydrogen-bond acceptors (Lipinski definition) is 4. The van der Waals surface area contributed by atoms with Crippen molar-refractivity contribution in [3.05, 3.63) is 17.3 Å². The van der Waals surface area contributed by atoms with Crippen LogP contribution in [0, 0.1) is 0 Å². The van der Waals surface area contributed by atoms with Gasteiger partial charge < -0.3 is 4.90 Å². The van der Waals surface area contributed by atoms with Crippen LogP contribution in [0.2, 0.25) is 0 Å². The molecular weight excluding hydrogens is 278 g/mol. The van der Waals surface area contributed by atoms with Crippen LogP contribution in [0.15, 0.2) is 12.4 Å². The molecule has 0 bridgehead atoms. The Kier molecular flexibility index (Phi) is 4.99. The summed E-state index contributed by atoms with van der Waals surface area (Å²) in [5, 5.41) is 1.25. The minimum Gasteiger partial charge on any atom is -0.356 e. The van der Waals surface area contributed by atoms with Gasteiger partial charge in [-0.25, -0.2) is 9.97 Å². The molecule has 3 rings (SSSR count). The van der Waals surface area contributed by atoms with Crippen molar-refractivity contribution >= 4 is 39.8 Å². The van der Waals surface area contributed by atoms with Gasteiger partial charge in [-0.15, -0.1) is 23.7 Å². The SMILES string of the molecule is CCc1cc2c(N3CCCCCC3)ncnc2s1.Cl. The topological polar surface area (TPSA) is 29.0 Å². The first-order valence-corrected chi connectivity index (χ1v) is 7.68. The maximum atomic E-state index is 4.54. The molecule has 3 heterocycles. The van der Waals surface area contributed by atoms with Crippen LogP contribution < -0.4 is 4.90 Å². The van der Waals surface area contributed by atoms with E-state index in [9.17, 15) is 0 Å². The molecule has 19 heavy (non-hydrogen) atoms. The summed E-state index contributed by atoms with van der Waals surface area (Å²) in [4.78, 5) is 13.9. The number of nitrogens with zero attached hydrogens (tertiary/aromatic N) is 3. The molecule has 1 saturated heterocycles. The fourth-order valence-electron chi connectivity index (χ4n) is 2.60. The molecule has 0 radical (unpaired) electrons. The van der Waals surface area contributed by atoms with Crippen LogP contribution in [0.4, 0.5) is 5.82 Å². The fourth-order valence-corrected chi connectivity index (χ4v) is 3.53. The summed E-state index contributed by atoms with van der Waals surface area (Å²) in [6.07, 6.45) is 8.09. The van der Waals surface area contributed by atoms with E-state index in [0.717, 1.165) is 30.2 Å². The summed E-state index contributed by atoms with van der Waals surface area (Å²) in [5.41, 5.74) is 0. The van der Waals surface area contributed by atoms with Gasteiger partial charge in [-0.2, -0.15) is 0 Å². The Bertz CT molecular complexity index is 532. The molecule has 0 aliphatic carbocycles. The Morgan fingerprint density at radius 3 is 2.58 bits per heavy atom. The number of hydrogen-bond donors (Lipinski definition) is 0. The normalized spacial score (nSPS) is 16.2. The van der Waals surface area contributed by atoms with Crippen molar-refractivity contribution in [1.29, 1.82) is 0 Å². The summed E-state index contributed by atoms with van der Waals surface area (Å²) in [6, 6.07) is 2.28. The summed E-state index contributed by atoms with van der Waals surface area (Å²) in [7, 11) is 0. The standard InChI is InChI=1S/C14H19N3S.ClH/c1-2-11-9-12-13(15-10-16-14(12)18-11)17-7-5-3-4-6-8-17;/h9-10H,2-8H2,1H3;1H. The predicted molar refractivity (Wildman–Crippen MR) is 84.7 cm³/mol. The maximum absolute atomic E-state index is 4.54. The van der Waals surface area contributed by atoms with Crippen molar-refractivity contribution in [3.63, 3.8) is 0 Å². The second-order valence-corrected chi connectivity index (χ2v) is 6.00. The molecule has 3 nitrogen and oxygen atoms in total. The molecule has 1 aliphatic heterocycles. The molecule has 0 N–H and O–H groups in total. The van der Waals surface area contributed by atoms with Crippen LogP contribution >= 0.6 is 23.7 Å². The highest BCUT2D eigenvalue weighted by Gasteiger charge is 2.15. The lowest BCUT2D eigenvalue weighted by molar-refractivity contribution is 0.726. The fraction of sp³-hybridized carbons (Fsp3) is 0.571. The molecule has 2 aromatic rings. The van der Waals surface area contributed by atoms with Crippen LogP contribution in [0.3, 0.4) is 0 Å². The average molecular weight is 298 g/mol. The second kappa shape index (κ2) is 6.53. The third-order valence-electron chi connectivity index (χ3n) is 3.61. The molecule has 0 atom stereocenters.